The molecule has 4 aromatic rings. The summed E-state index contributed by atoms with van der Waals surface area (Å²) >= 11 is 0. The molecule has 7 heteroatoms. The van der Waals surface area contributed by atoms with Crippen LogP contribution >= 0.6 is 0 Å². The highest BCUT2D eigenvalue weighted by Gasteiger charge is 2.13. The average Bonchev–Trinajstić information content (AvgIpc) is 3.17. The standard InChI is InChI=1S/C23H24N6O/c24-28-23(30)20-11-18-19-10-17(12-26-22(19)27-21(18)13-25-20)16-6-4-15(5-7-16)14-29-8-2-1-3-9-29/h4-7,10-13H,1-3,8-9,14,24H2,(H,26,27)(H,28,30). The van der Waals surface area contributed by atoms with E-state index >= 15 is 0 Å². The summed E-state index contributed by atoms with van der Waals surface area (Å²) < 4.78 is 0. The zero-order valence-electron chi connectivity index (χ0n) is 16.7. The molecule has 1 saturated heterocycles. The van der Waals surface area contributed by atoms with E-state index in [2.05, 4.69) is 55.6 Å². The molecule has 0 radical (unpaired) electrons. The first-order chi connectivity index (χ1) is 14.7. The first-order valence-electron chi connectivity index (χ1n) is 10.3. The number of hydrogen-bond donors (Lipinski definition) is 3. The van der Waals surface area contributed by atoms with Crippen LogP contribution in [0.25, 0.3) is 33.1 Å². The van der Waals surface area contributed by atoms with Crippen molar-refractivity contribution in [3.05, 3.63) is 60.0 Å². The quantitative estimate of drug-likeness (QED) is 0.277. The number of fused-ring (bicyclic) bond motifs is 3. The Kier molecular flexibility index (Phi) is 4.90. The molecule has 4 heterocycles. The van der Waals surface area contributed by atoms with Gasteiger partial charge in [-0.3, -0.25) is 15.1 Å². The highest BCUT2D eigenvalue weighted by Crippen LogP contribution is 2.29. The van der Waals surface area contributed by atoms with Crippen LogP contribution in [0.4, 0.5) is 0 Å². The van der Waals surface area contributed by atoms with Crippen molar-refractivity contribution in [3.63, 3.8) is 0 Å². The van der Waals surface area contributed by atoms with Crippen molar-refractivity contribution in [2.24, 2.45) is 5.84 Å². The van der Waals surface area contributed by atoms with Crippen molar-refractivity contribution < 1.29 is 4.79 Å². The van der Waals surface area contributed by atoms with Crippen LogP contribution in [0.15, 0.2) is 48.8 Å². The maximum atomic E-state index is 11.9. The minimum Gasteiger partial charge on any atom is -0.338 e. The number of hydrazine groups is 1. The number of piperidine rings is 1. The summed E-state index contributed by atoms with van der Waals surface area (Å²) in [5.41, 5.74) is 7.50. The molecule has 1 aliphatic heterocycles. The van der Waals surface area contributed by atoms with Crippen molar-refractivity contribution in [2.45, 2.75) is 25.8 Å². The SMILES string of the molecule is NNC(=O)c1cc2c(cn1)[nH]c1ncc(-c3ccc(CN4CCCCC4)cc3)cc12. The summed E-state index contributed by atoms with van der Waals surface area (Å²) in [6.07, 6.45) is 7.47. The Bertz CT molecular complexity index is 1210. The summed E-state index contributed by atoms with van der Waals surface area (Å²) in [6, 6.07) is 12.6. The Morgan fingerprint density at radius 2 is 1.80 bits per heavy atom. The first kappa shape index (κ1) is 18.7. The van der Waals surface area contributed by atoms with Crippen molar-refractivity contribution in [1.29, 1.82) is 0 Å². The molecule has 4 N–H and O–H groups in total. The summed E-state index contributed by atoms with van der Waals surface area (Å²) in [4.78, 5) is 26.4. The molecular weight excluding hydrogens is 376 g/mol. The van der Waals surface area contributed by atoms with Gasteiger partial charge in [0.25, 0.3) is 5.91 Å². The van der Waals surface area contributed by atoms with E-state index in [0.29, 0.717) is 0 Å². The summed E-state index contributed by atoms with van der Waals surface area (Å²) in [7, 11) is 0. The molecule has 0 saturated carbocycles. The maximum Gasteiger partial charge on any atom is 0.283 e. The average molecular weight is 400 g/mol. The molecule has 1 aromatic carbocycles. The van der Waals surface area contributed by atoms with Gasteiger partial charge in [-0.1, -0.05) is 30.7 Å². The van der Waals surface area contributed by atoms with Crippen LogP contribution in [0.5, 0.6) is 0 Å². The van der Waals surface area contributed by atoms with Crippen LogP contribution in [0.1, 0.15) is 35.3 Å². The van der Waals surface area contributed by atoms with Gasteiger partial charge in [0.05, 0.1) is 11.7 Å². The van der Waals surface area contributed by atoms with Gasteiger partial charge < -0.3 is 4.98 Å². The van der Waals surface area contributed by atoms with Crippen molar-refractivity contribution >= 4 is 27.8 Å². The zero-order valence-corrected chi connectivity index (χ0v) is 16.7. The van der Waals surface area contributed by atoms with Gasteiger partial charge >= 0.3 is 0 Å². The van der Waals surface area contributed by atoms with E-state index < -0.39 is 5.91 Å². The topological polar surface area (TPSA) is 99.9 Å². The van der Waals surface area contributed by atoms with Crippen molar-refractivity contribution in [3.8, 4) is 11.1 Å². The second-order valence-electron chi connectivity index (χ2n) is 7.87. The van der Waals surface area contributed by atoms with E-state index in [9.17, 15) is 4.79 Å². The van der Waals surface area contributed by atoms with E-state index in [0.717, 1.165) is 39.6 Å². The number of rotatable bonds is 4. The van der Waals surface area contributed by atoms with Crippen LogP contribution in [0.2, 0.25) is 0 Å². The van der Waals surface area contributed by atoms with Crippen LogP contribution < -0.4 is 11.3 Å². The monoisotopic (exact) mass is 400 g/mol. The Labute approximate surface area is 174 Å². The highest BCUT2D eigenvalue weighted by molar-refractivity contribution is 6.08. The highest BCUT2D eigenvalue weighted by atomic mass is 16.2. The number of hydrogen-bond acceptors (Lipinski definition) is 5. The van der Waals surface area contributed by atoms with E-state index in [1.807, 2.05) is 6.20 Å². The normalized spacial score (nSPS) is 15.0. The molecule has 0 atom stereocenters. The second kappa shape index (κ2) is 7.85. The molecule has 1 fully saturated rings. The minimum atomic E-state index is -0.417. The van der Waals surface area contributed by atoms with E-state index in [1.165, 1.54) is 37.9 Å². The van der Waals surface area contributed by atoms with Gasteiger partial charge in [0, 0.05) is 29.1 Å². The molecule has 0 aliphatic carbocycles. The lowest BCUT2D eigenvalue weighted by atomic mass is 10.0. The Hall–Kier alpha value is -3.29. The third kappa shape index (κ3) is 3.53. The fourth-order valence-electron chi connectivity index (χ4n) is 4.21. The maximum absolute atomic E-state index is 11.9. The number of nitrogen functional groups attached to an aromatic ring is 1. The number of pyridine rings is 2. The molecule has 0 spiro atoms. The van der Waals surface area contributed by atoms with Gasteiger partial charge in [0.15, 0.2) is 0 Å². The van der Waals surface area contributed by atoms with Crippen molar-refractivity contribution in [1.82, 2.24) is 25.3 Å². The third-order valence-corrected chi connectivity index (χ3v) is 5.84. The lowest BCUT2D eigenvalue weighted by molar-refractivity contribution is 0.0949. The summed E-state index contributed by atoms with van der Waals surface area (Å²) in [5.74, 6) is 4.83. The van der Waals surface area contributed by atoms with Gasteiger partial charge in [0.1, 0.15) is 11.3 Å². The number of nitrogens with one attached hydrogen (secondary N) is 2. The molecule has 3 aromatic heterocycles. The fourth-order valence-corrected chi connectivity index (χ4v) is 4.21. The lowest BCUT2D eigenvalue weighted by Gasteiger charge is -2.26. The van der Waals surface area contributed by atoms with E-state index in [1.54, 1.807) is 12.3 Å². The molecule has 1 aliphatic rings. The van der Waals surface area contributed by atoms with Gasteiger partial charge in [-0.05, 0) is 49.2 Å². The number of nitrogens with two attached hydrogens (primary N) is 1. The molecule has 1 amide bonds. The van der Waals surface area contributed by atoms with E-state index in [4.69, 9.17) is 5.84 Å². The number of nitrogens with zero attached hydrogens (tertiary/aromatic N) is 3. The first-order valence-corrected chi connectivity index (χ1v) is 10.3. The smallest absolute Gasteiger partial charge is 0.283 e. The van der Waals surface area contributed by atoms with Gasteiger partial charge in [0.2, 0.25) is 0 Å². The number of aromatic amines is 1. The van der Waals surface area contributed by atoms with Crippen molar-refractivity contribution in [2.75, 3.05) is 13.1 Å². The largest absolute Gasteiger partial charge is 0.338 e. The zero-order chi connectivity index (χ0) is 20.5. The van der Waals surface area contributed by atoms with E-state index in [-0.39, 0.29) is 5.69 Å². The fraction of sp³-hybridized carbons (Fsp3) is 0.261. The predicted octanol–water partition coefficient (Wildman–Crippen LogP) is 3.37. The van der Waals surface area contributed by atoms with Gasteiger partial charge in [-0.15, -0.1) is 0 Å². The summed E-state index contributed by atoms with van der Waals surface area (Å²) in [6.45, 7) is 3.41. The Morgan fingerprint density at radius 3 is 2.57 bits per heavy atom. The lowest BCUT2D eigenvalue weighted by Crippen LogP contribution is -2.30. The van der Waals surface area contributed by atoms with Gasteiger partial charge in [-0.2, -0.15) is 0 Å². The molecule has 30 heavy (non-hydrogen) atoms. The number of carbonyl (C=O) groups excluding carboxylic acids is 1. The number of likely N-dealkylation sites (tertiary alicyclic amines) is 1. The molecule has 0 bridgehead atoms. The Balaban J connectivity index is 1.46. The number of benzene rings is 1. The molecular formula is C23H24N6O. The van der Waals surface area contributed by atoms with Crippen LogP contribution in [-0.2, 0) is 6.54 Å². The van der Waals surface area contributed by atoms with Gasteiger partial charge in [-0.25, -0.2) is 15.8 Å². The number of aromatic nitrogens is 3. The molecule has 5 rings (SSSR count). The predicted molar refractivity (Wildman–Crippen MR) is 118 cm³/mol. The van der Waals surface area contributed by atoms with Crippen LogP contribution in [-0.4, -0.2) is 38.8 Å². The number of H-pyrrole nitrogens is 1. The van der Waals surface area contributed by atoms with Crippen LogP contribution in [0.3, 0.4) is 0 Å². The molecule has 0 unspecified atom stereocenters. The molecule has 7 nitrogen and oxygen atoms in total. The third-order valence-electron chi connectivity index (χ3n) is 5.84. The molecule has 152 valence electrons. The summed E-state index contributed by atoms with van der Waals surface area (Å²) in [5, 5.41) is 1.85. The minimum absolute atomic E-state index is 0.276. The van der Waals surface area contributed by atoms with Crippen LogP contribution in [0, 0.1) is 0 Å². The Morgan fingerprint density at radius 1 is 1.00 bits per heavy atom. The number of amides is 1. The second-order valence-corrected chi connectivity index (χ2v) is 7.87. The number of carbonyl (C=O) groups is 1.